The molecule has 23 heavy (non-hydrogen) atoms. The number of aromatic nitrogens is 2. The summed E-state index contributed by atoms with van der Waals surface area (Å²) in [6.45, 7) is 4.90. The van der Waals surface area contributed by atoms with Gasteiger partial charge in [0.05, 0.1) is 17.3 Å². The van der Waals surface area contributed by atoms with E-state index in [1.54, 1.807) is 6.20 Å². The zero-order valence-electron chi connectivity index (χ0n) is 13.4. The summed E-state index contributed by atoms with van der Waals surface area (Å²) in [5, 5.41) is 17.0. The van der Waals surface area contributed by atoms with Crippen LogP contribution in [0.15, 0.2) is 41.1 Å². The number of hydrogen-bond acceptors (Lipinski definition) is 3. The number of hydrogen-bond donors (Lipinski definition) is 2. The van der Waals surface area contributed by atoms with Gasteiger partial charge in [0, 0.05) is 29.3 Å². The summed E-state index contributed by atoms with van der Waals surface area (Å²) in [6.07, 6.45) is 4.99. The molecule has 1 aromatic carbocycles. The van der Waals surface area contributed by atoms with Crippen molar-refractivity contribution >= 4 is 21.9 Å². The van der Waals surface area contributed by atoms with E-state index in [9.17, 15) is 9.90 Å². The number of rotatable bonds is 8. The number of halogens is 1. The number of carboxylic acid groups (broad SMARTS) is 1. The fraction of sp³-hybridized carbons (Fsp3) is 0.412. The predicted octanol–water partition coefficient (Wildman–Crippen LogP) is 3.62. The molecule has 0 spiro atoms. The van der Waals surface area contributed by atoms with E-state index in [1.807, 2.05) is 49.0 Å². The number of carboxylic acids is 1. The lowest BCUT2D eigenvalue weighted by atomic mass is 9.82. The molecule has 5 nitrogen and oxygen atoms in total. The molecule has 0 bridgehead atoms. The first-order valence-electron chi connectivity index (χ1n) is 7.74. The van der Waals surface area contributed by atoms with Gasteiger partial charge in [-0.25, -0.2) is 4.68 Å². The SMILES string of the molecule is CCC(CC)(CNCc1cnn(-c2ccc(Br)cc2)c1)C(=O)O. The van der Waals surface area contributed by atoms with Crippen LogP contribution in [0.25, 0.3) is 5.69 Å². The van der Waals surface area contributed by atoms with Gasteiger partial charge in [0.15, 0.2) is 0 Å². The summed E-state index contributed by atoms with van der Waals surface area (Å²) in [5.74, 6) is -0.736. The Bertz CT molecular complexity index is 648. The highest BCUT2D eigenvalue weighted by molar-refractivity contribution is 9.10. The van der Waals surface area contributed by atoms with E-state index < -0.39 is 11.4 Å². The van der Waals surface area contributed by atoms with Crippen LogP contribution in [-0.4, -0.2) is 27.4 Å². The lowest BCUT2D eigenvalue weighted by molar-refractivity contribution is -0.149. The molecule has 0 saturated heterocycles. The quantitative estimate of drug-likeness (QED) is 0.734. The van der Waals surface area contributed by atoms with Crippen LogP contribution in [0, 0.1) is 5.41 Å². The van der Waals surface area contributed by atoms with Crippen molar-refractivity contribution in [3.05, 3.63) is 46.7 Å². The van der Waals surface area contributed by atoms with Gasteiger partial charge >= 0.3 is 5.97 Å². The normalized spacial score (nSPS) is 11.6. The Balaban J connectivity index is 1.97. The molecule has 2 aromatic rings. The predicted molar refractivity (Wildman–Crippen MR) is 93.6 cm³/mol. The Morgan fingerprint density at radius 1 is 1.30 bits per heavy atom. The molecular weight excluding hydrogens is 358 g/mol. The molecule has 0 aliphatic heterocycles. The first-order valence-corrected chi connectivity index (χ1v) is 8.53. The van der Waals surface area contributed by atoms with Crippen LogP contribution in [0.3, 0.4) is 0 Å². The fourth-order valence-electron chi connectivity index (χ4n) is 2.51. The standard InChI is InChI=1S/C17H22BrN3O2/c1-3-17(4-2,16(22)23)12-19-9-13-10-20-21(11-13)15-7-5-14(18)6-8-15/h5-8,10-11,19H,3-4,9,12H2,1-2H3,(H,22,23). The van der Waals surface area contributed by atoms with E-state index in [4.69, 9.17) is 0 Å². The third kappa shape index (κ3) is 4.20. The molecule has 124 valence electrons. The summed E-state index contributed by atoms with van der Waals surface area (Å²) < 4.78 is 2.84. The Morgan fingerprint density at radius 3 is 2.52 bits per heavy atom. The molecule has 2 N–H and O–H groups in total. The summed E-state index contributed by atoms with van der Waals surface area (Å²) in [5.41, 5.74) is 1.32. The van der Waals surface area contributed by atoms with Crippen LogP contribution >= 0.6 is 15.9 Å². The first-order chi connectivity index (χ1) is 11.0. The Hall–Kier alpha value is -1.66. The second-order valence-electron chi connectivity index (χ2n) is 5.67. The zero-order chi connectivity index (χ0) is 16.9. The highest BCUT2D eigenvalue weighted by atomic mass is 79.9. The molecule has 0 radical (unpaired) electrons. The van der Waals surface area contributed by atoms with Crippen molar-refractivity contribution in [1.82, 2.24) is 15.1 Å². The van der Waals surface area contributed by atoms with Crippen molar-refractivity contribution in [3.8, 4) is 5.69 Å². The minimum atomic E-state index is -0.736. The molecule has 1 aromatic heterocycles. The van der Waals surface area contributed by atoms with Crippen molar-refractivity contribution < 1.29 is 9.90 Å². The van der Waals surface area contributed by atoms with E-state index in [1.165, 1.54) is 0 Å². The summed E-state index contributed by atoms with van der Waals surface area (Å²) in [6, 6.07) is 7.91. The van der Waals surface area contributed by atoms with Crippen molar-refractivity contribution in [2.24, 2.45) is 5.41 Å². The third-order valence-corrected chi connectivity index (χ3v) is 4.86. The van der Waals surface area contributed by atoms with Gasteiger partial charge in [0.2, 0.25) is 0 Å². The van der Waals surface area contributed by atoms with Crippen LogP contribution in [0.4, 0.5) is 0 Å². The van der Waals surface area contributed by atoms with E-state index in [2.05, 4.69) is 26.3 Å². The van der Waals surface area contributed by atoms with Crippen LogP contribution in [-0.2, 0) is 11.3 Å². The monoisotopic (exact) mass is 379 g/mol. The molecular formula is C17H22BrN3O2. The Labute approximate surface area is 144 Å². The lowest BCUT2D eigenvalue weighted by Crippen LogP contribution is -2.39. The Kier molecular flexibility index (Phi) is 5.96. The maximum atomic E-state index is 11.5. The minimum Gasteiger partial charge on any atom is -0.481 e. The first kappa shape index (κ1) is 17.7. The second-order valence-corrected chi connectivity index (χ2v) is 6.58. The highest BCUT2D eigenvalue weighted by Crippen LogP contribution is 2.25. The van der Waals surface area contributed by atoms with Crippen molar-refractivity contribution in [2.75, 3.05) is 6.54 Å². The summed E-state index contributed by atoms with van der Waals surface area (Å²) in [7, 11) is 0. The summed E-state index contributed by atoms with van der Waals surface area (Å²) >= 11 is 3.41. The van der Waals surface area contributed by atoms with E-state index in [0.29, 0.717) is 25.9 Å². The van der Waals surface area contributed by atoms with E-state index in [0.717, 1.165) is 15.7 Å². The molecule has 0 fully saturated rings. The maximum Gasteiger partial charge on any atom is 0.310 e. The van der Waals surface area contributed by atoms with Gasteiger partial charge in [0.1, 0.15) is 0 Å². The molecule has 0 amide bonds. The largest absolute Gasteiger partial charge is 0.481 e. The second kappa shape index (κ2) is 7.75. The van der Waals surface area contributed by atoms with E-state index >= 15 is 0 Å². The molecule has 0 aliphatic carbocycles. The van der Waals surface area contributed by atoms with Crippen molar-refractivity contribution in [2.45, 2.75) is 33.2 Å². The van der Waals surface area contributed by atoms with Gasteiger partial charge in [0.25, 0.3) is 0 Å². The smallest absolute Gasteiger partial charge is 0.310 e. The molecule has 0 saturated carbocycles. The number of nitrogens with zero attached hydrogens (tertiary/aromatic N) is 2. The third-order valence-electron chi connectivity index (χ3n) is 4.33. The van der Waals surface area contributed by atoms with Gasteiger partial charge in [-0.3, -0.25) is 4.79 Å². The van der Waals surface area contributed by atoms with Crippen molar-refractivity contribution in [3.63, 3.8) is 0 Å². The number of carbonyl (C=O) groups is 1. The van der Waals surface area contributed by atoms with Crippen LogP contribution in [0.5, 0.6) is 0 Å². The minimum absolute atomic E-state index is 0.457. The number of benzene rings is 1. The molecule has 0 aliphatic rings. The van der Waals surface area contributed by atoms with Crippen LogP contribution in [0.2, 0.25) is 0 Å². The molecule has 2 rings (SSSR count). The maximum absolute atomic E-state index is 11.5. The molecule has 1 heterocycles. The van der Waals surface area contributed by atoms with Gasteiger partial charge in [-0.05, 0) is 37.1 Å². The van der Waals surface area contributed by atoms with Crippen LogP contribution < -0.4 is 5.32 Å². The topological polar surface area (TPSA) is 67.2 Å². The average Bonchev–Trinajstić information content (AvgIpc) is 3.01. The van der Waals surface area contributed by atoms with Gasteiger partial charge in [-0.1, -0.05) is 29.8 Å². The lowest BCUT2D eigenvalue weighted by Gasteiger charge is -2.26. The fourth-order valence-corrected chi connectivity index (χ4v) is 2.77. The number of nitrogens with one attached hydrogen (secondary N) is 1. The number of aliphatic carboxylic acids is 1. The molecule has 0 atom stereocenters. The summed E-state index contributed by atoms with van der Waals surface area (Å²) in [4.78, 5) is 11.5. The van der Waals surface area contributed by atoms with Gasteiger partial charge in [-0.2, -0.15) is 5.10 Å². The highest BCUT2D eigenvalue weighted by Gasteiger charge is 2.34. The molecule has 0 unspecified atom stereocenters. The van der Waals surface area contributed by atoms with Crippen molar-refractivity contribution in [1.29, 1.82) is 0 Å². The van der Waals surface area contributed by atoms with E-state index in [-0.39, 0.29) is 0 Å². The molecule has 6 heteroatoms. The van der Waals surface area contributed by atoms with Gasteiger partial charge in [-0.15, -0.1) is 0 Å². The Morgan fingerprint density at radius 2 is 1.96 bits per heavy atom. The zero-order valence-corrected chi connectivity index (χ0v) is 15.0. The average molecular weight is 380 g/mol. The van der Waals surface area contributed by atoms with Gasteiger partial charge < -0.3 is 10.4 Å². The van der Waals surface area contributed by atoms with Crippen LogP contribution in [0.1, 0.15) is 32.3 Å².